The van der Waals surface area contributed by atoms with Crippen LogP contribution in [0.1, 0.15) is 46.0 Å². The van der Waals surface area contributed by atoms with E-state index in [1.807, 2.05) is 58.0 Å². The fraction of sp³-hybridized carbons (Fsp3) is 0.588. The summed E-state index contributed by atoms with van der Waals surface area (Å²) in [5.74, 6) is -0.527. The average molecular weight is 292 g/mol. The highest BCUT2D eigenvalue weighted by atomic mass is 16.7. The van der Waals surface area contributed by atoms with Gasteiger partial charge in [0.2, 0.25) is 0 Å². The third-order valence-corrected chi connectivity index (χ3v) is 3.38. The van der Waals surface area contributed by atoms with E-state index in [4.69, 9.17) is 14.2 Å². The first-order chi connectivity index (χ1) is 9.87. The van der Waals surface area contributed by atoms with Crippen molar-refractivity contribution in [2.24, 2.45) is 5.92 Å². The molecule has 0 radical (unpaired) electrons. The highest BCUT2D eigenvalue weighted by molar-refractivity contribution is 5.73. The van der Waals surface area contributed by atoms with Crippen LogP contribution in [0.3, 0.4) is 0 Å². The van der Waals surface area contributed by atoms with Gasteiger partial charge in [0.15, 0.2) is 6.29 Å². The van der Waals surface area contributed by atoms with Crippen molar-refractivity contribution in [2.45, 2.75) is 52.1 Å². The van der Waals surface area contributed by atoms with E-state index in [2.05, 4.69) is 0 Å². The van der Waals surface area contributed by atoms with Gasteiger partial charge >= 0.3 is 5.97 Å². The largest absolute Gasteiger partial charge is 0.460 e. The van der Waals surface area contributed by atoms with E-state index < -0.39 is 11.9 Å². The van der Waals surface area contributed by atoms with Crippen molar-refractivity contribution < 1.29 is 19.0 Å². The first-order valence-electron chi connectivity index (χ1n) is 7.42. The van der Waals surface area contributed by atoms with E-state index in [9.17, 15) is 4.79 Å². The molecule has 0 aliphatic carbocycles. The molecule has 4 nitrogen and oxygen atoms in total. The molecule has 1 aromatic rings. The molecular formula is C17H24O4. The molecule has 1 aliphatic rings. The summed E-state index contributed by atoms with van der Waals surface area (Å²) in [5, 5.41) is 0. The van der Waals surface area contributed by atoms with Crippen molar-refractivity contribution in [3.05, 3.63) is 35.9 Å². The van der Waals surface area contributed by atoms with Gasteiger partial charge in [0.1, 0.15) is 5.60 Å². The Hall–Kier alpha value is -1.39. The summed E-state index contributed by atoms with van der Waals surface area (Å²) >= 11 is 0. The van der Waals surface area contributed by atoms with Crippen molar-refractivity contribution in [3.63, 3.8) is 0 Å². The highest BCUT2D eigenvalue weighted by Crippen LogP contribution is 2.30. The number of rotatable bonds is 3. The normalized spacial score (nSPS) is 24.4. The van der Waals surface area contributed by atoms with Crippen molar-refractivity contribution in [1.82, 2.24) is 0 Å². The summed E-state index contributed by atoms with van der Waals surface area (Å²) in [7, 11) is 0. The van der Waals surface area contributed by atoms with Gasteiger partial charge in [0.25, 0.3) is 0 Å². The van der Waals surface area contributed by atoms with Gasteiger partial charge in [-0.3, -0.25) is 4.79 Å². The Morgan fingerprint density at radius 2 is 1.95 bits per heavy atom. The summed E-state index contributed by atoms with van der Waals surface area (Å²) < 4.78 is 17.0. The zero-order chi connectivity index (χ0) is 15.5. The van der Waals surface area contributed by atoms with Gasteiger partial charge in [0.05, 0.1) is 18.6 Å². The number of benzene rings is 1. The molecule has 2 rings (SSSR count). The third kappa shape index (κ3) is 4.55. The van der Waals surface area contributed by atoms with Crippen molar-refractivity contribution in [2.75, 3.05) is 6.61 Å². The maximum absolute atomic E-state index is 12.2. The predicted molar refractivity (Wildman–Crippen MR) is 79.6 cm³/mol. The minimum Gasteiger partial charge on any atom is -0.460 e. The Labute approximate surface area is 126 Å². The fourth-order valence-corrected chi connectivity index (χ4v) is 2.26. The summed E-state index contributed by atoms with van der Waals surface area (Å²) in [6, 6.07) is 9.77. The van der Waals surface area contributed by atoms with Gasteiger partial charge < -0.3 is 14.2 Å². The van der Waals surface area contributed by atoms with Gasteiger partial charge in [-0.25, -0.2) is 0 Å². The molecule has 21 heavy (non-hydrogen) atoms. The van der Waals surface area contributed by atoms with Crippen LogP contribution in [0, 0.1) is 5.92 Å². The van der Waals surface area contributed by atoms with Gasteiger partial charge in [-0.05, 0) is 34.1 Å². The van der Waals surface area contributed by atoms with Crippen molar-refractivity contribution in [3.8, 4) is 0 Å². The van der Waals surface area contributed by atoms with Gasteiger partial charge in [-0.15, -0.1) is 0 Å². The van der Waals surface area contributed by atoms with E-state index in [1.165, 1.54) is 0 Å². The Balaban J connectivity index is 1.99. The lowest BCUT2D eigenvalue weighted by Gasteiger charge is -2.34. The van der Waals surface area contributed by atoms with E-state index in [-0.39, 0.29) is 18.0 Å². The van der Waals surface area contributed by atoms with E-state index >= 15 is 0 Å². The molecule has 1 fully saturated rings. The van der Waals surface area contributed by atoms with Crippen LogP contribution in [0.4, 0.5) is 0 Å². The van der Waals surface area contributed by atoms with Gasteiger partial charge in [-0.2, -0.15) is 0 Å². The molecule has 0 aromatic heterocycles. The van der Waals surface area contributed by atoms with Crippen LogP contribution in [0.2, 0.25) is 0 Å². The summed E-state index contributed by atoms with van der Waals surface area (Å²) in [4.78, 5) is 12.2. The fourth-order valence-electron chi connectivity index (χ4n) is 2.26. The second-order valence-corrected chi connectivity index (χ2v) is 6.40. The van der Waals surface area contributed by atoms with E-state index in [0.717, 1.165) is 5.56 Å². The van der Waals surface area contributed by atoms with Gasteiger partial charge in [-0.1, -0.05) is 30.3 Å². The second kappa shape index (κ2) is 6.58. The zero-order valence-electron chi connectivity index (χ0n) is 13.2. The van der Waals surface area contributed by atoms with Crippen molar-refractivity contribution >= 4 is 5.97 Å². The topological polar surface area (TPSA) is 44.8 Å². The van der Waals surface area contributed by atoms with Crippen LogP contribution < -0.4 is 0 Å². The number of carbonyl (C=O) groups excluding carboxylic acids is 1. The van der Waals surface area contributed by atoms with Gasteiger partial charge in [0, 0.05) is 5.56 Å². The minimum absolute atomic E-state index is 0.182. The van der Waals surface area contributed by atoms with Crippen LogP contribution in [0.25, 0.3) is 0 Å². The molecule has 0 N–H and O–H groups in total. The monoisotopic (exact) mass is 292 g/mol. The van der Waals surface area contributed by atoms with E-state index in [1.54, 1.807) is 0 Å². The predicted octanol–water partition coefficient (Wildman–Crippen LogP) is 3.47. The summed E-state index contributed by atoms with van der Waals surface area (Å²) in [6.07, 6.45) is 0.109. The lowest BCUT2D eigenvalue weighted by Crippen LogP contribution is -2.38. The molecule has 4 heteroatoms. The molecule has 1 saturated heterocycles. The molecule has 1 unspecified atom stereocenters. The summed E-state index contributed by atoms with van der Waals surface area (Å²) in [5.41, 5.74) is 0.494. The lowest BCUT2D eigenvalue weighted by molar-refractivity contribution is -0.231. The maximum Gasteiger partial charge on any atom is 0.311 e. The van der Waals surface area contributed by atoms with Crippen LogP contribution in [0.15, 0.2) is 30.3 Å². The zero-order valence-corrected chi connectivity index (χ0v) is 13.2. The molecule has 0 saturated carbocycles. The number of hydrogen-bond donors (Lipinski definition) is 0. The molecule has 116 valence electrons. The molecule has 1 aromatic carbocycles. The smallest absolute Gasteiger partial charge is 0.311 e. The first-order valence-corrected chi connectivity index (χ1v) is 7.42. The third-order valence-electron chi connectivity index (χ3n) is 3.38. The number of carbonyl (C=O) groups is 1. The SMILES string of the molecule is C[C@H](C(=O)OC(C)(C)C)[C@@H]1CCOC(c2ccccc2)O1. The van der Waals surface area contributed by atoms with E-state index in [0.29, 0.717) is 13.0 Å². The standard InChI is InChI=1S/C17H24O4/c1-12(15(18)21-17(2,3)4)14-10-11-19-16(20-14)13-8-6-5-7-9-13/h5-9,12,14,16H,10-11H2,1-4H3/t12-,14-,16?/m0/s1. The quantitative estimate of drug-likeness (QED) is 0.800. The maximum atomic E-state index is 12.2. The average Bonchev–Trinajstić information content (AvgIpc) is 2.46. The molecule has 0 bridgehead atoms. The Bertz CT molecular complexity index is 463. The number of hydrogen-bond acceptors (Lipinski definition) is 4. The minimum atomic E-state index is -0.477. The molecule has 0 amide bonds. The number of esters is 1. The highest BCUT2D eigenvalue weighted by Gasteiger charge is 2.34. The first kappa shape index (κ1) is 16.0. The molecule has 3 atom stereocenters. The molecule has 1 heterocycles. The molecule has 1 aliphatic heterocycles. The molecule has 0 spiro atoms. The number of ether oxygens (including phenoxy) is 3. The lowest BCUT2D eigenvalue weighted by atomic mass is 10.0. The van der Waals surface area contributed by atoms with Crippen LogP contribution in [-0.2, 0) is 19.0 Å². The second-order valence-electron chi connectivity index (χ2n) is 6.40. The van der Waals surface area contributed by atoms with Crippen LogP contribution in [-0.4, -0.2) is 24.3 Å². The van der Waals surface area contributed by atoms with Crippen LogP contribution >= 0.6 is 0 Å². The Kier molecular flexibility index (Phi) is 5.01. The Morgan fingerprint density at radius 3 is 2.57 bits per heavy atom. The Morgan fingerprint density at radius 1 is 1.29 bits per heavy atom. The van der Waals surface area contributed by atoms with Crippen LogP contribution in [0.5, 0.6) is 0 Å². The van der Waals surface area contributed by atoms with Crippen molar-refractivity contribution in [1.29, 1.82) is 0 Å². The molecular weight excluding hydrogens is 268 g/mol. The summed E-state index contributed by atoms with van der Waals surface area (Å²) in [6.45, 7) is 8.04.